The van der Waals surface area contributed by atoms with Gasteiger partial charge in [-0.3, -0.25) is 9.69 Å². The molecule has 2 rings (SSSR count). The summed E-state index contributed by atoms with van der Waals surface area (Å²) in [5.74, 6) is -0.734. The van der Waals surface area contributed by atoms with Gasteiger partial charge in [-0.15, -0.1) is 0 Å². The minimum atomic E-state index is -0.734. The number of nitrogens with zero attached hydrogens (tertiary/aromatic N) is 1. The number of carbonyl (C=O) groups is 1. The number of anilines is 1. The van der Waals surface area contributed by atoms with Crippen molar-refractivity contribution in [1.82, 2.24) is 4.90 Å². The fourth-order valence-corrected chi connectivity index (χ4v) is 2.80. The molecule has 1 aliphatic rings. The first-order chi connectivity index (χ1) is 9.58. The molecule has 110 valence electrons. The van der Waals surface area contributed by atoms with Crippen LogP contribution in [0.15, 0.2) is 18.2 Å². The van der Waals surface area contributed by atoms with Crippen molar-refractivity contribution in [1.29, 1.82) is 0 Å². The van der Waals surface area contributed by atoms with E-state index in [1.807, 2.05) is 4.90 Å². The average Bonchev–Trinajstić information content (AvgIpc) is 2.42. The molecule has 20 heavy (non-hydrogen) atoms. The smallest absolute Gasteiger partial charge is 0.317 e. The summed E-state index contributed by atoms with van der Waals surface area (Å²) in [6, 6.07) is 6.99. The van der Waals surface area contributed by atoms with Crippen LogP contribution < -0.4 is 5.32 Å². The molecule has 4 heteroatoms. The van der Waals surface area contributed by atoms with Crippen LogP contribution in [-0.4, -0.2) is 41.7 Å². The zero-order valence-electron chi connectivity index (χ0n) is 12.4. The van der Waals surface area contributed by atoms with Crippen molar-refractivity contribution in [2.45, 2.75) is 39.2 Å². The number of likely N-dealkylation sites (tertiary alicyclic amines) is 1. The van der Waals surface area contributed by atoms with E-state index in [2.05, 4.69) is 37.4 Å². The Hall–Kier alpha value is -1.55. The van der Waals surface area contributed by atoms with Gasteiger partial charge in [0.25, 0.3) is 0 Å². The van der Waals surface area contributed by atoms with Crippen molar-refractivity contribution >= 4 is 11.7 Å². The van der Waals surface area contributed by atoms with E-state index >= 15 is 0 Å². The number of benzene rings is 1. The summed E-state index contributed by atoms with van der Waals surface area (Å²) in [4.78, 5) is 12.7. The Morgan fingerprint density at radius 2 is 2.10 bits per heavy atom. The third kappa shape index (κ3) is 3.97. The number of nitrogens with one attached hydrogen (secondary N) is 1. The minimum Gasteiger partial charge on any atom is -0.480 e. The largest absolute Gasteiger partial charge is 0.480 e. The Kier molecular flexibility index (Phi) is 5.01. The van der Waals surface area contributed by atoms with Crippen LogP contribution >= 0.6 is 0 Å². The molecule has 0 amide bonds. The molecule has 0 radical (unpaired) electrons. The predicted molar refractivity (Wildman–Crippen MR) is 81.3 cm³/mol. The first-order valence-electron chi connectivity index (χ1n) is 7.38. The van der Waals surface area contributed by atoms with Crippen LogP contribution in [0, 0.1) is 6.92 Å². The number of carboxylic acids is 1. The Bertz CT molecular complexity index is 466. The van der Waals surface area contributed by atoms with Crippen molar-refractivity contribution in [3.63, 3.8) is 0 Å². The first kappa shape index (κ1) is 14.9. The highest BCUT2D eigenvalue weighted by atomic mass is 16.4. The van der Waals surface area contributed by atoms with Gasteiger partial charge in [-0.1, -0.05) is 13.0 Å². The summed E-state index contributed by atoms with van der Waals surface area (Å²) in [5, 5.41) is 12.4. The summed E-state index contributed by atoms with van der Waals surface area (Å²) in [7, 11) is 0. The summed E-state index contributed by atoms with van der Waals surface area (Å²) in [6.07, 6.45) is 3.06. The van der Waals surface area contributed by atoms with Gasteiger partial charge in [-0.2, -0.15) is 0 Å². The van der Waals surface area contributed by atoms with E-state index in [1.165, 1.54) is 16.8 Å². The maximum absolute atomic E-state index is 10.7. The van der Waals surface area contributed by atoms with E-state index in [1.54, 1.807) is 0 Å². The van der Waals surface area contributed by atoms with E-state index in [9.17, 15) is 4.79 Å². The quantitative estimate of drug-likeness (QED) is 0.867. The zero-order valence-corrected chi connectivity index (χ0v) is 12.4. The summed E-state index contributed by atoms with van der Waals surface area (Å²) in [5.41, 5.74) is 3.91. The molecular formula is C16H24N2O2. The third-order valence-electron chi connectivity index (χ3n) is 4.05. The van der Waals surface area contributed by atoms with Crippen LogP contribution in [0.25, 0.3) is 0 Å². The van der Waals surface area contributed by atoms with Gasteiger partial charge in [-0.05, 0) is 49.4 Å². The summed E-state index contributed by atoms with van der Waals surface area (Å²) < 4.78 is 0. The number of carboxylic acid groups (broad SMARTS) is 1. The minimum absolute atomic E-state index is 0.164. The predicted octanol–water partition coefficient (Wildman–Crippen LogP) is 2.52. The second-order valence-corrected chi connectivity index (χ2v) is 5.58. The molecule has 0 bridgehead atoms. The molecule has 0 aromatic heterocycles. The van der Waals surface area contributed by atoms with Crippen molar-refractivity contribution in [2.24, 2.45) is 0 Å². The van der Waals surface area contributed by atoms with Gasteiger partial charge in [0.15, 0.2) is 0 Å². The lowest BCUT2D eigenvalue weighted by atomic mass is 10.0. The van der Waals surface area contributed by atoms with Crippen LogP contribution in [0.5, 0.6) is 0 Å². The lowest BCUT2D eigenvalue weighted by molar-refractivity contribution is -0.138. The Morgan fingerprint density at radius 1 is 1.40 bits per heavy atom. The molecule has 1 aliphatic heterocycles. The standard InChI is InChI=1S/C16H24N2O2/c1-3-13-10-15(5-4-12(13)2)17-14-6-8-18(9-7-14)11-16(19)20/h4-5,10,14,17H,3,6-9,11H2,1-2H3,(H,19,20). The van der Waals surface area contributed by atoms with E-state index in [-0.39, 0.29) is 6.54 Å². The van der Waals surface area contributed by atoms with Gasteiger partial charge in [0, 0.05) is 24.8 Å². The normalized spacial score (nSPS) is 17.1. The fourth-order valence-electron chi connectivity index (χ4n) is 2.80. The third-order valence-corrected chi connectivity index (χ3v) is 4.05. The number of hydrogen-bond acceptors (Lipinski definition) is 3. The number of aliphatic carboxylic acids is 1. The van der Waals surface area contributed by atoms with Gasteiger partial charge in [-0.25, -0.2) is 0 Å². The molecule has 4 nitrogen and oxygen atoms in total. The topological polar surface area (TPSA) is 52.6 Å². The number of rotatable bonds is 5. The molecule has 0 unspecified atom stereocenters. The maximum Gasteiger partial charge on any atom is 0.317 e. The molecule has 1 saturated heterocycles. The van der Waals surface area contributed by atoms with Gasteiger partial charge >= 0.3 is 5.97 Å². The highest BCUT2D eigenvalue weighted by Gasteiger charge is 2.20. The van der Waals surface area contributed by atoms with E-state index < -0.39 is 5.97 Å². The summed E-state index contributed by atoms with van der Waals surface area (Å²) in [6.45, 7) is 6.20. The van der Waals surface area contributed by atoms with Crippen LogP contribution in [-0.2, 0) is 11.2 Å². The fraction of sp³-hybridized carbons (Fsp3) is 0.562. The molecular weight excluding hydrogens is 252 g/mol. The Labute approximate surface area is 120 Å². The highest BCUT2D eigenvalue weighted by Crippen LogP contribution is 2.20. The van der Waals surface area contributed by atoms with Crippen LogP contribution in [0.2, 0.25) is 0 Å². The van der Waals surface area contributed by atoms with Crippen molar-refractivity contribution in [3.8, 4) is 0 Å². The molecule has 2 N–H and O–H groups in total. The Morgan fingerprint density at radius 3 is 2.70 bits per heavy atom. The SMILES string of the molecule is CCc1cc(NC2CCN(CC(=O)O)CC2)ccc1C. The number of aryl methyl sites for hydroxylation is 2. The van der Waals surface area contributed by atoms with Crippen molar-refractivity contribution in [2.75, 3.05) is 25.0 Å². The second kappa shape index (κ2) is 6.75. The van der Waals surface area contributed by atoms with E-state index in [0.717, 1.165) is 32.4 Å². The molecule has 0 spiro atoms. The molecule has 1 aromatic rings. The second-order valence-electron chi connectivity index (χ2n) is 5.58. The van der Waals surface area contributed by atoms with Crippen LogP contribution in [0.1, 0.15) is 30.9 Å². The average molecular weight is 276 g/mol. The van der Waals surface area contributed by atoms with E-state index in [0.29, 0.717) is 6.04 Å². The maximum atomic E-state index is 10.7. The van der Waals surface area contributed by atoms with Gasteiger partial charge in [0.05, 0.1) is 6.54 Å². The molecule has 0 atom stereocenters. The number of piperidine rings is 1. The van der Waals surface area contributed by atoms with Crippen LogP contribution in [0.4, 0.5) is 5.69 Å². The molecule has 0 aliphatic carbocycles. The number of hydrogen-bond donors (Lipinski definition) is 2. The molecule has 1 heterocycles. The molecule has 1 fully saturated rings. The molecule has 1 aromatic carbocycles. The highest BCUT2D eigenvalue weighted by molar-refractivity contribution is 5.69. The lowest BCUT2D eigenvalue weighted by Crippen LogP contribution is -2.41. The summed E-state index contributed by atoms with van der Waals surface area (Å²) >= 11 is 0. The van der Waals surface area contributed by atoms with Gasteiger partial charge in [0.1, 0.15) is 0 Å². The van der Waals surface area contributed by atoms with Gasteiger partial charge in [0.2, 0.25) is 0 Å². The van der Waals surface area contributed by atoms with Crippen molar-refractivity contribution in [3.05, 3.63) is 29.3 Å². The lowest BCUT2D eigenvalue weighted by Gasteiger charge is -2.31. The van der Waals surface area contributed by atoms with E-state index in [4.69, 9.17) is 5.11 Å². The van der Waals surface area contributed by atoms with Crippen LogP contribution in [0.3, 0.4) is 0 Å². The zero-order chi connectivity index (χ0) is 14.5. The monoisotopic (exact) mass is 276 g/mol. The first-order valence-corrected chi connectivity index (χ1v) is 7.38. The van der Waals surface area contributed by atoms with Gasteiger partial charge < -0.3 is 10.4 Å². The molecule has 0 saturated carbocycles. The van der Waals surface area contributed by atoms with Crippen molar-refractivity contribution < 1.29 is 9.90 Å². The Balaban J connectivity index is 1.88.